The van der Waals surface area contributed by atoms with Crippen LogP contribution in [0.15, 0.2) is 28.7 Å². The molecule has 2 unspecified atom stereocenters. The zero-order valence-corrected chi connectivity index (χ0v) is 12.6. The normalized spacial score (nSPS) is 13.6. The summed E-state index contributed by atoms with van der Waals surface area (Å²) < 4.78 is 0.991. The molecule has 1 aromatic rings. The van der Waals surface area contributed by atoms with Crippen LogP contribution in [0.5, 0.6) is 0 Å². The van der Waals surface area contributed by atoms with E-state index in [2.05, 4.69) is 21.2 Å². The fourth-order valence-electron chi connectivity index (χ4n) is 1.78. The largest absolute Gasteiger partial charge is 0.480 e. The van der Waals surface area contributed by atoms with Gasteiger partial charge in [0.1, 0.15) is 6.04 Å². The predicted octanol–water partition coefficient (Wildman–Crippen LogP) is 2.92. The smallest absolute Gasteiger partial charge is 0.326 e. The highest BCUT2D eigenvalue weighted by molar-refractivity contribution is 9.10. The minimum Gasteiger partial charge on any atom is -0.480 e. The summed E-state index contributed by atoms with van der Waals surface area (Å²) >= 11 is 3.36. The molecule has 2 atom stereocenters. The molecule has 0 radical (unpaired) electrons. The van der Waals surface area contributed by atoms with Crippen LogP contribution in [0.3, 0.4) is 0 Å². The number of nitrogens with one attached hydrogen (secondary N) is 1. The van der Waals surface area contributed by atoms with E-state index in [1.807, 2.05) is 31.2 Å². The SMILES string of the molecule is CCC(NC(=O)CC(C)c1ccc(Br)cc1)C(=O)O. The van der Waals surface area contributed by atoms with Gasteiger partial charge < -0.3 is 10.4 Å². The van der Waals surface area contributed by atoms with E-state index in [1.54, 1.807) is 6.92 Å². The average molecular weight is 328 g/mol. The van der Waals surface area contributed by atoms with Gasteiger partial charge in [-0.3, -0.25) is 4.79 Å². The van der Waals surface area contributed by atoms with E-state index in [0.29, 0.717) is 6.42 Å². The Morgan fingerprint density at radius 1 is 1.32 bits per heavy atom. The lowest BCUT2D eigenvalue weighted by molar-refractivity contribution is -0.141. The van der Waals surface area contributed by atoms with Crippen molar-refractivity contribution in [2.75, 3.05) is 0 Å². The van der Waals surface area contributed by atoms with E-state index in [1.165, 1.54) is 0 Å². The molecule has 0 saturated heterocycles. The Balaban J connectivity index is 2.56. The highest BCUT2D eigenvalue weighted by Crippen LogP contribution is 2.21. The Kier molecular flexibility index (Phi) is 6.02. The summed E-state index contributed by atoms with van der Waals surface area (Å²) in [6.07, 6.45) is 0.666. The van der Waals surface area contributed by atoms with Gasteiger partial charge in [-0.05, 0) is 30.0 Å². The summed E-state index contributed by atoms with van der Waals surface area (Å²) in [5, 5.41) is 11.4. The van der Waals surface area contributed by atoms with Gasteiger partial charge in [0.2, 0.25) is 5.91 Å². The minimum atomic E-state index is -0.993. The predicted molar refractivity (Wildman–Crippen MR) is 77.0 cm³/mol. The van der Waals surface area contributed by atoms with Crippen molar-refractivity contribution in [2.24, 2.45) is 0 Å². The van der Waals surface area contributed by atoms with Crippen molar-refractivity contribution in [2.45, 2.75) is 38.6 Å². The Bertz CT molecular complexity index is 445. The van der Waals surface area contributed by atoms with Crippen LogP contribution in [0.25, 0.3) is 0 Å². The standard InChI is InChI=1S/C14H18BrNO3/c1-3-12(14(18)19)16-13(17)8-9(2)10-4-6-11(15)7-5-10/h4-7,9,12H,3,8H2,1-2H3,(H,16,17)(H,18,19). The molecule has 0 bridgehead atoms. The van der Waals surface area contributed by atoms with Gasteiger partial charge >= 0.3 is 5.97 Å². The van der Waals surface area contributed by atoms with Crippen LogP contribution in [0, 0.1) is 0 Å². The van der Waals surface area contributed by atoms with E-state index in [4.69, 9.17) is 5.11 Å². The first-order valence-electron chi connectivity index (χ1n) is 6.21. The Morgan fingerprint density at radius 2 is 1.89 bits per heavy atom. The van der Waals surface area contributed by atoms with Crippen molar-refractivity contribution in [3.05, 3.63) is 34.3 Å². The summed E-state index contributed by atoms with van der Waals surface area (Å²) in [4.78, 5) is 22.6. The van der Waals surface area contributed by atoms with Crippen molar-refractivity contribution in [1.29, 1.82) is 0 Å². The second kappa shape index (κ2) is 7.28. The summed E-state index contributed by atoms with van der Waals surface area (Å²) in [5.74, 6) is -1.17. The van der Waals surface area contributed by atoms with Crippen molar-refractivity contribution >= 4 is 27.8 Å². The monoisotopic (exact) mass is 327 g/mol. The maximum Gasteiger partial charge on any atom is 0.326 e. The lowest BCUT2D eigenvalue weighted by atomic mass is 9.97. The summed E-state index contributed by atoms with van der Waals surface area (Å²) in [6, 6.07) is 6.96. The van der Waals surface area contributed by atoms with Crippen molar-refractivity contribution < 1.29 is 14.7 Å². The molecule has 0 aromatic heterocycles. The number of carbonyl (C=O) groups excluding carboxylic acids is 1. The second-order valence-electron chi connectivity index (χ2n) is 4.52. The highest BCUT2D eigenvalue weighted by Gasteiger charge is 2.19. The fraction of sp³-hybridized carbons (Fsp3) is 0.429. The van der Waals surface area contributed by atoms with Gasteiger partial charge in [0.15, 0.2) is 0 Å². The average Bonchev–Trinajstić information content (AvgIpc) is 2.36. The highest BCUT2D eigenvalue weighted by atomic mass is 79.9. The third-order valence-electron chi connectivity index (χ3n) is 2.97. The molecule has 2 N–H and O–H groups in total. The number of amides is 1. The maximum atomic E-state index is 11.8. The van der Waals surface area contributed by atoms with Gasteiger partial charge in [-0.1, -0.05) is 41.9 Å². The van der Waals surface area contributed by atoms with E-state index in [-0.39, 0.29) is 18.2 Å². The number of carboxylic acids is 1. The number of carboxylic acid groups (broad SMARTS) is 1. The van der Waals surface area contributed by atoms with Crippen LogP contribution in [-0.4, -0.2) is 23.0 Å². The molecule has 0 aliphatic rings. The van der Waals surface area contributed by atoms with Gasteiger partial charge in [0.05, 0.1) is 0 Å². The number of hydrogen-bond donors (Lipinski definition) is 2. The Morgan fingerprint density at radius 3 is 2.37 bits per heavy atom. The van der Waals surface area contributed by atoms with Gasteiger partial charge in [-0.15, -0.1) is 0 Å². The van der Waals surface area contributed by atoms with Gasteiger partial charge in [0.25, 0.3) is 0 Å². The number of carbonyl (C=O) groups is 2. The third-order valence-corrected chi connectivity index (χ3v) is 3.50. The molecule has 4 nitrogen and oxygen atoms in total. The third kappa shape index (κ3) is 5.03. The number of aliphatic carboxylic acids is 1. The van der Waals surface area contributed by atoms with E-state index >= 15 is 0 Å². The topological polar surface area (TPSA) is 66.4 Å². The molecular formula is C14H18BrNO3. The molecule has 0 fully saturated rings. The van der Waals surface area contributed by atoms with Gasteiger partial charge in [0, 0.05) is 10.9 Å². The summed E-state index contributed by atoms with van der Waals surface area (Å²) in [7, 11) is 0. The van der Waals surface area contributed by atoms with E-state index in [0.717, 1.165) is 10.0 Å². The first-order chi connectivity index (χ1) is 8.93. The molecule has 1 amide bonds. The molecule has 0 heterocycles. The molecule has 0 spiro atoms. The van der Waals surface area contributed by atoms with E-state index in [9.17, 15) is 9.59 Å². The first kappa shape index (κ1) is 15.7. The number of benzene rings is 1. The lowest BCUT2D eigenvalue weighted by Crippen LogP contribution is -2.40. The lowest BCUT2D eigenvalue weighted by Gasteiger charge is -2.15. The molecule has 1 aromatic carbocycles. The second-order valence-corrected chi connectivity index (χ2v) is 5.44. The summed E-state index contributed by atoms with van der Waals surface area (Å²) in [5.41, 5.74) is 1.06. The molecule has 0 saturated carbocycles. The molecule has 0 aliphatic heterocycles. The molecule has 104 valence electrons. The number of rotatable bonds is 6. The van der Waals surface area contributed by atoms with Crippen LogP contribution in [0.2, 0.25) is 0 Å². The molecule has 0 aliphatic carbocycles. The van der Waals surface area contributed by atoms with Crippen LogP contribution in [0.4, 0.5) is 0 Å². The fourth-order valence-corrected chi connectivity index (χ4v) is 2.04. The van der Waals surface area contributed by atoms with Crippen molar-refractivity contribution in [1.82, 2.24) is 5.32 Å². The molecule has 5 heteroatoms. The zero-order valence-electron chi connectivity index (χ0n) is 11.0. The molecule has 19 heavy (non-hydrogen) atoms. The Hall–Kier alpha value is -1.36. The molecule has 1 rings (SSSR count). The number of halogens is 1. The van der Waals surface area contributed by atoms with Crippen LogP contribution in [-0.2, 0) is 9.59 Å². The van der Waals surface area contributed by atoms with Crippen LogP contribution < -0.4 is 5.32 Å². The quantitative estimate of drug-likeness (QED) is 0.844. The maximum absolute atomic E-state index is 11.8. The number of hydrogen-bond acceptors (Lipinski definition) is 2. The van der Waals surface area contributed by atoms with Crippen molar-refractivity contribution in [3.63, 3.8) is 0 Å². The van der Waals surface area contributed by atoms with Crippen LogP contribution >= 0.6 is 15.9 Å². The molecular weight excluding hydrogens is 310 g/mol. The zero-order chi connectivity index (χ0) is 14.4. The van der Waals surface area contributed by atoms with Gasteiger partial charge in [-0.25, -0.2) is 4.79 Å². The first-order valence-corrected chi connectivity index (χ1v) is 7.01. The van der Waals surface area contributed by atoms with Gasteiger partial charge in [-0.2, -0.15) is 0 Å². The van der Waals surface area contributed by atoms with E-state index < -0.39 is 12.0 Å². The minimum absolute atomic E-state index is 0.0550. The van der Waals surface area contributed by atoms with Crippen LogP contribution in [0.1, 0.15) is 38.2 Å². The Labute approximate surface area is 121 Å². The van der Waals surface area contributed by atoms with Crippen molar-refractivity contribution in [3.8, 4) is 0 Å². The summed E-state index contributed by atoms with van der Waals surface area (Å²) in [6.45, 7) is 3.68.